The van der Waals surface area contributed by atoms with Gasteiger partial charge in [-0.25, -0.2) is 0 Å². The molecule has 0 aromatic heterocycles. The SMILES string of the molecule is C[C@@H]1C(=O)O[C@H](C)[C@H]1C(=O)O. The molecule has 62 valence electrons. The summed E-state index contributed by atoms with van der Waals surface area (Å²) >= 11 is 0. The molecule has 0 aromatic rings. The molecule has 0 radical (unpaired) electrons. The minimum absolute atomic E-state index is 0.412. The lowest BCUT2D eigenvalue weighted by atomic mass is 9.93. The Labute approximate surface area is 64.2 Å². The number of hydrogen-bond donors (Lipinski definition) is 1. The van der Waals surface area contributed by atoms with Crippen molar-refractivity contribution >= 4 is 11.9 Å². The lowest BCUT2D eigenvalue weighted by Crippen LogP contribution is -2.25. The zero-order chi connectivity index (χ0) is 8.59. The predicted octanol–water partition coefficient (Wildman–Crippen LogP) is 0.269. The average Bonchev–Trinajstić information content (AvgIpc) is 2.07. The topological polar surface area (TPSA) is 63.6 Å². The van der Waals surface area contributed by atoms with Crippen molar-refractivity contribution in [2.45, 2.75) is 20.0 Å². The Morgan fingerprint density at radius 3 is 2.27 bits per heavy atom. The number of carbonyl (C=O) groups excluding carboxylic acids is 1. The number of hydrogen-bond acceptors (Lipinski definition) is 3. The normalized spacial score (nSPS) is 36.9. The molecule has 0 saturated carbocycles. The van der Waals surface area contributed by atoms with E-state index in [4.69, 9.17) is 9.84 Å². The van der Waals surface area contributed by atoms with Crippen molar-refractivity contribution in [3.63, 3.8) is 0 Å². The molecule has 0 bridgehead atoms. The van der Waals surface area contributed by atoms with Gasteiger partial charge < -0.3 is 9.84 Å². The molecular weight excluding hydrogens is 148 g/mol. The summed E-state index contributed by atoms with van der Waals surface area (Å²) in [5.74, 6) is -2.56. The summed E-state index contributed by atoms with van der Waals surface area (Å²) in [5, 5.41) is 8.64. The van der Waals surface area contributed by atoms with E-state index in [9.17, 15) is 9.59 Å². The number of carboxylic acids is 1. The summed E-state index contributed by atoms with van der Waals surface area (Å²) in [5.41, 5.74) is 0. The number of cyclic esters (lactones) is 1. The quantitative estimate of drug-likeness (QED) is 0.556. The van der Waals surface area contributed by atoms with Crippen LogP contribution in [0.25, 0.3) is 0 Å². The van der Waals surface area contributed by atoms with Crippen LogP contribution in [0.15, 0.2) is 0 Å². The maximum Gasteiger partial charge on any atom is 0.311 e. The molecule has 0 unspecified atom stereocenters. The Morgan fingerprint density at radius 2 is 2.09 bits per heavy atom. The van der Waals surface area contributed by atoms with Gasteiger partial charge in [0.15, 0.2) is 0 Å². The van der Waals surface area contributed by atoms with Crippen LogP contribution in [-0.2, 0) is 14.3 Å². The van der Waals surface area contributed by atoms with E-state index >= 15 is 0 Å². The predicted molar refractivity (Wildman–Crippen MR) is 35.8 cm³/mol. The maximum absolute atomic E-state index is 10.8. The first-order chi connectivity index (χ1) is 5.04. The second kappa shape index (κ2) is 2.53. The fourth-order valence-electron chi connectivity index (χ4n) is 1.33. The van der Waals surface area contributed by atoms with Crippen molar-refractivity contribution < 1.29 is 19.4 Å². The van der Waals surface area contributed by atoms with Crippen molar-refractivity contribution in [2.75, 3.05) is 0 Å². The summed E-state index contributed by atoms with van der Waals surface area (Å²) in [6.45, 7) is 3.17. The van der Waals surface area contributed by atoms with Gasteiger partial charge in [0.25, 0.3) is 0 Å². The number of esters is 1. The lowest BCUT2D eigenvalue weighted by Gasteiger charge is -2.08. The van der Waals surface area contributed by atoms with Crippen molar-refractivity contribution in [1.29, 1.82) is 0 Å². The van der Waals surface area contributed by atoms with Crippen LogP contribution in [-0.4, -0.2) is 23.1 Å². The molecule has 1 aliphatic rings. The number of carboxylic acid groups (broad SMARTS) is 1. The van der Waals surface area contributed by atoms with Crippen LogP contribution in [0.4, 0.5) is 0 Å². The lowest BCUT2D eigenvalue weighted by molar-refractivity contribution is -0.144. The van der Waals surface area contributed by atoms with Crippen LogP contribution in [0.2, 0.25) is 0 Å². The molecule has 4 heteroatoms. The Balaban J connectivity index is 2.79. The standard InChI is InChI=1S/C7H10O4/c1-3-5(6(8)9)4(2)11-7(3)10/h3-5H,1-2H3,(H,8,9)/t3-,4+,5-/m0/s1. The fourth-order valence-corrected chi connectivity index (χ4v) is 1.33. The minimum Gasteiger partial charge on any atom is -0.481 e. The van der Waals surface area contributed by atoms with Gasteiger partial charge in [-0.05, 0) is 6.92 Å². The minimum atomic E-state index is -0.962. The van der Waals surface area contributed by atoms with E-state index in [-0.39, 0.29) is 0 Å². The Bertz CT molecular complexity index is 199. The van der Waals surface area contributed by atoms with Crippen LogP contribution in [0, 0.1) is 11.8 Å². The number of carbonyl (C=O) groups is 2. The monoisotopic (exact) mass is 158 g/mol. The molecule has 1 saturated heterocycles. The third-order valence-corrected chi connectivity index (χ3v) is 2.00. The third kappa shape index (κ3) is 1.20. The molecule has 0 aliphatic carbocycles. The van der Waals surface area contributed by atoms with E-state index in [1.807, 2.05) is 0 Å². The zero-order valence-electron chi connectivity index (χ0n) is 6.40. The van der Waals surface area contributed by atoms with Gasteiger partial charge in [0.1, 0.15) is 12.0 Å². The number of aliphatic carboxylic acids is 1. The summed E-state index contributed by atoms with van der Waals surface area (Å²) in [7, 11) is 0. The summed E-state index contributed by atoms with van der Waals surface area (Å²) in [4.78, 5) is 21.3. The zero-order valence-corrected chi connectivity index (χ0v) is 6.40. The van der Waals surface area contributed by atoms with E-state index in [1.165, 1.54) is 0 Å². The van der Waals surface area contributed by atoms with Gasteiger partial charge in [0.2, 0.25) is 0 Å². The molecule has 1 fully saturated rings. The van der Waals surface area contributed by atoms with Crippen LogP contribution >= 0.6 is 0 Å². The van der Waals surface area contributed by atoms with E-state index in [0.717, 1.165) is 0 Å². The second-order valence-electron chi connectivity index (χ2n) is 2.79. The summed E-state index contributed by atoms with van der Waals surface area (Å²) in [6.07, 6.45) is -0.491. The first kappa shape index (κ1) is 8.04. The van der Waals surface area contributed by atoms with E-state index in [2.05, 4.69) is 0 Å². The van der Waals surface area contributed by atoms with E-state index < -0.39 is 29.9 Å². The fraction of sp³-hybridized carbons (Fsp3) is 0.714. The molecule has 1 rings (SSSR count). The molecule has 1 N–H and O–H groups in total. The average molecular weight is 158 g/mol. The maximum atomic E-state index is 10.8. The van der Waals surface area contributed by atoms with Gasteiger partial charge in [-0.15, -0.1) is 0 Å². The molecule has 4 nitrogen and oxygen atoms in total. The first-order valence-electron chi connectivity index (χ1n) is 3.47. The molecule has 0 spiro atoms. The second-order valence-corrected chi connectivity index (χ2v) is 2.79. The highest BCUT2D eigenvalue weighted by molar-refractivity contribution is 5.84. The Morgan fingerprint density at radius 1 is 1.55 bits per heavy atom. The number of rotatable bonds is 1. The summed E-state index contributed by atoms with van der Waals surface area (Å²) in [6, 6.07) is 0. The number of ether oxygens (including phenoxy) is 1. The van der Waals surface area contributed by atoms with E-state index in [1.54, 1.807) is 13.8 Å². The van der Waals surface area contributed by atoms with Crippen molar-refractivity contribution in [2.24, 2.45) is 11.8 Å². The molecule has 0 amide bonds. The van der Waals surface area contributed by atoms with Gasteiger partial charge >= 0.3 is 11.9 Å². The van der Waals surface area contributed by atoms with Gasteiger partial charge in [0, 0.05) is 0 Å². The first-order valence-corrected chi connectivity index (χ1v) is 3.47. The molecule has 11 heavy (non-hydrogen) atoms. The molecule has 1 heterocycles. The molecule has 1 aliphatic heterocycles. The van der Waals surface area contributed by atoms with E-state index in [0.29, 0.717) is 0 Å². The van der Waals surface area contributed by atoms with Gasteiger partial charge in [-0.2, -0.15) is 0 Å². The van der Waals surface area contributed by atoms with Crippen LogP contribution in [0.1, 0.15) is 13.8 Å². The van der Waals surface area contributed by atoms with Gasteiger partial charge in [-0.3, -0.25) is 9.59 Å². The summed E-state index contributed by atoms with van der Waals surface area (Å²) < 4.78 is 4.73. The third-order valence-electron chi connectivity index (χ3n) is 2.00. The smallest absolute Gasteiger partial charge is 0.311 e. The highest BCUT2D eigenvalue weighted by atomic mass is 16.6. The Kier molecular flexibility index (Phi) is 1.85. The van der Waals surface area contributed by atoms with Gasteiger partial charge in [0.05, 0.1) is 5.92 Å². The van der Waals surface area contributed by atoms with Crippen LogP contribution < -0.4 is 0 Å². The van der Waals surface area contributed by atoms with Crippen molar-refractivity contribution in [3.05, 3.63) is 0 Å². The molecule has 3 atom stereocenters. The van der Waals surface area contributed by atoms with Gasteiger partial charge in [-0.1, -0.05) is 6.92 Å². The largest absolute Gasteiger partial charge is 0.481 e. The molecule has 0 aromatic carbocycles. The Hall–Kier alpha value is -1.06. The van der Waals surface area contributed by atoms with Crippen molar-refractivity contribution in [1.82, 2.24) is 0 Å². The highest BCUT2D eigenvalue weighted by Crippen LogP contribution is 2.27. The van der Waals surface area contributed by atoms with Crippen LogP contribution in [0.5, 0.6) is 0 Å². The molecular formula is C7H10O4. The van der Waals surface area contributed by atoms with Crippen LogP contribution in [0.3, 0.4) is 0 Å². The van der Waals surface area contributed by atoms with Crippen molar-refractivity contribution in [3.8, 4) is 0 Å². The highest BCUT2D eigenvalue weighted by Gasteiger charge is 2.43.